The number of aromatic carboxylic acids is 1. The van der Waals surface area contributed by atoms with Gasteiger partial charge in [-0.2, -0.15) is 0 Å². The van der Waals surface area contributed by atoms with Gasteiger partial charge in [-0.1, -0.05) is 44.4 Å². The Balaban J connectivity index is 1.87. The van der Waals surface area contributed by atoms with Crippen molar-refractivity contribution in [2.24, 2.45) is 0 Å². The topological polar surface area (TPSA) is 77.2 Å². The van der Waals surface area contributed by atoms with Crippen LogP contribution in [0.15, 0.2) is 30.3 Å². The van der Waals surface area contributed by atoms with Crippen LogP contribution in [-0.2, 0) is 13.0 Å². The van der Waals surface area contributed by atoms with Crippen molar-refractivity contribution in [1.82, 2.24) is 14.5 Å². The lowest BCUT2D eigenvalue weighted by molar-refractivity contribution is 0.0691. The van der Waals surface area contributed by atoms with Crippen LogP contribution in [0, 0.1) is 0 Å². The van der Waals surface area contributed by atoms with Gasteiger partial charge in [0.1, 0.15) is 17.1 Å². The fourth-order valence-electron chi connectivity index (χ4n) is 3.06. The molecular weight excluding hydrogens is 378 g/mol. The van der Waals surface area contributed by atoms with Gasteiger partial charge in [-0.25, -0.2) is 14.8 Å². The summed E-state index contributed by atoms with van der Waals surface area (Å²) < 4.78 is 7.68. The first-order valence-corrected chi connectivity index (χ1v) is 9.92. The number of ether oxygens (including phenoxy) is 1. The second kappa shape index (κ2) is 9.06. The number of nitrogens with zero attached hydrogens (tertiary/aromatic N) is 3. The number of hydrogen-bond donors (Lipinski definition) is 1. The molecule has 0 amide bonds. The third kappa shape index (κ3) is 4.44. The number of aromatic nitrogens is 3. The average Bonchev–Trinajstić information content (AvgIpc) is 3.04. The molecule has 3 rings (SSSR count). The van der Waals surface area contributed by atoms with Crippen LogP contribution in [0.2, 0.25) is 5.02 Å². The number of benzene rings is 1. The molecule has 148 valence electrons. The number of fused-ring (bicyclic) bond motifs is 1. The summed E-state index contributed by atoms with van der Waals surface area (Å²) in [6, 6.07) is 8.83. The molecule has 0 spiro atoms. The van der Waals surface area contributed by atoms with Crippen LogP contribution in [0.5, 0.6) is 5.75 Å². The van der Waals surface area contributed by atoms with Gasteiger partial charge in [0.2, 0.25) is 0 Å². The minimum atomic E-state index is -1.06. The molecule has 0 fully saturated rings. The first-order chi connectivity index (χ1) is 13.5. The van der Waals surface area contributed by atoms with Crippen LogP contribution in [0.25, 0.3) is 11.2 Å². The van der Waals surface area contributed by atoms with Crippen molar-refractivity contribution in [1.29, 1.82) is 0 Å². The lowest BCUT2D eigenvalue weighted by atomic mass is 10.2. The molecule has 1 aromatic carbocycles. The molecule has 0 atom stereocenters. The van der Waals surface area contributed by atoms with E-state index < -0.39 is 5.97 Å². The average molecular weight is 402 g/mol. The lowest BCUT2D eigenvalue weighted by Gasteiger charge is -2.12. The zero-order chi connectivity index (χ0) is 20.1. The first-order valence-electron chi connectivity index (χ1n) is 9.54. The number of hydrogen-bond acceptors (Lipinski definition) is 4. The Kier molecular flexibility index (Phi) is 6.52. The van der Waals surface area contributed by atoms with Gasteiger partial charge in [0.25, 0.3) is 0 Å². The van der Waals surface area contributed by atoms with Gasteiger partial charge in [-0.15, -0.1) is 0 Å². The number of imidazole rings is 1. The number of pyridine rings is 1. The van der Waals surface area contributed by atoms with Gasteiger partial charge in [-0.05, 0) is 36.2 Å². The summed E-state index contributed by atoms with van der Waals surface area (Å²) in [5.74, 6) is 0.527. The maximum atomic E-state index is 11.3. The zero-order valence-electron chi connectivity index (χ0n) is 16.1. The van der Waals surface area contributed by atoms with E-state index in [1.807, 2.05) is 29.7 Å². The number of unbranched alkanes of at least 4 members (excludes halogenated alkanes) is 2. The highest BCUT2D eigenvalue weighted by Crippen LogP contribution is 2.26. The number of carbonyl (C=O) groups is 1. The number of aryl methyl sites for hydroxylation is 1. The summed E-state index contributed by atoms with van der Waals surface area (Å²) in [6.07, 6.45) is 4.02. The van der Waals surface area contributed by atoms with Gasteiger partial charge in [0.15, 0.2) is 11.3 Å². The van der Waals surface area contributed by atoms with Crippen LogP contribution < -0.4 is 4.74 Å². The van der Waals surface area contributed by atoms with Gasteiger partial charge in [-0.3, -0.25) is 0 Å². The Hall–Kier alpha value is -2.60. The fraction of sp³-hybridized carbons (Fsp3) is 0.381. The standard InChI is InChI=1S/C21H24ClN3O3/c1-3-5-6-11-28-15-8-7-14(16(22)12-15)13-25-19(4-2)23-17-9-10-18(21(26)27)24-20(17)25/h7-10,12H,3-6,11,13H2,1-2H3,(H,26,27). The van der Waals surface area contributed by atoms with Crippen molar-refractivity contribution in [3.05, 3.63) is 52.4 Å². The predicted octanol–water partition coefficient (Wildman–Crippen LogP) is 4.96. The molecule has 6 nitrogen and oxygen atoms in total. The van der Waals surface area contributed by atoms with Crippen LogP contribution in [0.4, 0.5) is 0 Å². The van der Waals surface area contributed by atoms with Crippen molar-refractivity contribution in [3.63, 3.8) is 0 Å². The van der Waals surface area contributed by atoms with Gasteiger partial charge in [0.05, 0.1) is 13.2 Å². The second-order valence-electron chi connectivity index (χ2n) is 6.62. The zero-order valence-corrected chi connectivity index (χ0v) is 16.9. The van der Waals surface area contributed by atoms with Gasteiger partial charge < -0.3 is 14.4 Å². The molecule has 0 radical (unpaired) electrons. The summed E-state index contributed by atoms with van der Waals surface area (Å²) >= 11 is 6.49. The largest absolute Gasteiger partial charge is 0.494 e. The quantitative estimate of drug-likeness (QED) is 0.512. The van der Waals surface area contributed by atoms with Crippen LogP contribution >= 0.6 is 11.6 Å². The number of carboxylic acid groups (broad SMARTS) is 1. The van der Waals surface area contributed by atoms with Crippen molar-refractivity contribution in [2.75, 3.05) is 6.61 Å². The molecule has 0 bridgehead atoms. The first kappa shape index (κ1) is 20.1. The molecule has 1 N–H and O–H groups in total. The number of rotatable bonds is 9. The summed E-state index contributed by atoms with van der Waals surface area (Å²) in [7, 11) is 0. The third-order valence-electron chi connectivity index (χ3n) is 4.58. The molecule has 2 heterocycles. The maximum Gasteiger partial charge on any atom is 0.354 e. The summed E-state index contributed by atoms with van der Waals surface area (Å²) in [4.78, 5) is 20.1. The van der Waals surface area contributed by atoms with E-state index in [-0.39, 0.29) is 5.69 Å². The number of halogens is 1. The Morgan fingerprint density at radius 2 is 2.00 bits per heavy atom. The summed E-state index contributed by atoms with van der Waals surface area (Å²) in [5, 5.41) is 9.84. The second-order valence-corrected chi connectivity index (χ2v) is 7.03. The van der Waals surface area contributed by atoms with Crippen molar-refractivity contribution < 1.29 is 14.6 Å². The van der Waals surface area contributed by atoms with E-state index in [0.717, 1.165) is 36.4 Å². The maximum absolute atomic E-state index is 11.3. The Labute approximate surface area is 169 Å². The predicted molar refractivity (Wildman–Crippen MR) is 109 cm³/mol. The van der Waals surface area contributed by atoms with E-state index in [0.29, 0.717) is 35.8 Å². The Morgan fingerprint density at radius 3 is 2.68 bits per heavy atom. The highest BCUT2D eigenvalue weighted by atomic mass is 35.5. The fourth-order valence-corrected chi connectivity index (χ4v) is 3.29. The SMILES string of the molecule is CCCCCOc1ccc(Cn2c(CC)nc3ccc(C(=O)O)nc32)c(Cl)c1. The minimum absolute atomic E-state index is 0.00164. The van der Waals surface area contributed by atoms with E-state index >= 15 is 0 Å². The molecule has 0 aliphatic heterocycles. The van der Waals surface area contributed by atoms with E-state index in [1.54, 1.807) is 6.07 Å². The molecule has 0 aliphatic carbocycles. The van der Waals surface area contributed by atoms with Crippen molar-refractivity contribution >= 4 is 28.7 Å². The smallest absolute Gasteiger partial charge is 0.354 e. The monoisotopic (exact) mass is 401 g/mol. The van der Waals surface area contributed by atoms with E-state index in [1.165, 1.54) is 6.07 Å². The highest BCUT2D eigenvalue weighted by Gasteiger charge is 2.15. The van der Waals surface area contributed by atoms with Crippen molar-refractivity contribution in [2.45, 2.75) is 46.1 Å². The van der Waals surface area contributed by atoms with Crippen LogP contribution in [0.3, 0.4) is 0 Å². The highest BCUT2D eigenvalue weighted by molar-refractivity contribution is 6.31. The van der Waals surface area contributed by atoms with Crippen LogP contribution in [-0.4, -0.2) is 32.2 Å². The van der Waals surface area contributed by atoms with Gasteiger partial charge in [0, 0.05) is 11.4 Å². The Bertz CT molecular complexity index is 984. The molecule has 0 unspecified atom stereocenters. The normalized spacial score (nSPS) is 11.1. The molecule has 0 aliphatic rings. The molecule has 0 saturated heterocycles. The molecular formula is C21H24ClN3O3. The molecule has 2 aromatic heterocycles. The third-order valence-corrected chi connectivity index (χ3v) is 4.93. The Morgan fingerprint density at radius 1 is 1.18 bits per heavy atom. The van der Waals surface area contributed by atoms with Gasteiger partial charge >= 0.3 is 5.97 Å². The molecule has 0 saturated carbocycles. The summed E-state index contributed by atoms with van der Waals surface area (Å²) in [5.41, 5.74) is 2.12. The minimum Gasteiger partial charge on any atom is -0.494 e. The summed E-state index contributed by atoms with van der Waals surface area (Å²) in [6.45, 7) is 5.30. The molecule has 28 heavy (non-hydrogen) atoms. The molecule has 7 heteroatoms. The van der Waals surface area contributed by atoms with E-state index in [2.05, 4.69) is 16.9 Å². The van der Waals surface area contributed by atoms with E-state index in [9.17, 15) is 9.90 Å². The number of carboxylic acids is 1. The lowest BCUT2D eigenvalue weighted by Crippen LogP contribution is -2.08. The van der Waals surface area contributed by atoms with Crippen molar-refractivity contribution in [3.8, 4) is 5.75 Å². The van der Waals surface area contributed by atoms with E-state index in [4.69, 9.17) is 16.3 Å². The molecule has 3 aromatic rings. The van der Waals surface area contributed by atoms with Crippen LogP contribution in [0.1, 0.15) is 55.0 Å².